The third-order valence-electron chi connectivity index (χ3n) is 3.47. The summed E-state index contributed by atoms with van der Waals surface area (Å²) in [6, 6.07) is 7.43. The molecule has 2 heteroatoms. The van der Waals surface area contributed by atoms with Gasteiger partial charge in [0.2, 0.25) is 0 Å². The molecule has 0 saturated carbocycles. The van der Waals surface area contributed by atoms with Crippen molar-refractivity contribution in [2.75, 3.05) is 23.3 Å². The van der Waals surface area contributed by atoms with E-state index in [2.05, 4.69) is 49.2 Å². The maximum absolute atomic E-state index is 3.54. The SMILES string of the molecule is CCN(CC)c1ccc2c(c1)CCC(C)N2. The van der Waals surface area contributed by atoms with Crippen molar-refractivity contribution in [1.29, 1.82) is 0 Å². The zero-order valence-corrected chi connectivity index (χ0v) is 10.6. The first kappa shape index (κ1) is 11.3. The van der Waals surface area contributed by atoms with Gasteiger partial charge in [-0.2, -0.15) is 0 Å². The Morgan fingerprint density at radius 2 is 2.06 bits per heavy atom. The highest BCUT2D eigenvalue weighted by molar-refractivity contribution is 5.62. The van der Waals surface area contributed by atoms with Crippen molar-refractivity contribution in [2.24, 2.45) is 0 Å². The van der Waals surface area contributed by atoms with Crippen LogP contribution in [0.25, 0.3) is 0 Å². The fourth-order valence-corrected chi connectivity index (χ4v) is 2.42. The van der Waals surface area contributed by atoms with Crippen molar-refractivity contribution in [3.63, 3.8) is 0 Å². The van der Waals surface area contributed by atoms with Gasteiger partial charge in [-0.15, -0.1) is 0 Å². The predicted octanol–water partition coefficient (Wildman–Crippen LogP) is 3.28. The molecule has 1 aliphatic heterocycles. The third-order valence-corrected chi connectivity index (χ3v) is 3.47. The molecule has 16 heavy (non-hydrogen) atoms. The van der Waals surface area contributed by atoms with Gasteiger partial charge in [0.1, 0.15) is 0 Å². The quantitative estimate of drug-likeness (QED) is 0.837. The number of hydrogen-bond acceptors (Lipinski definition) is 2. The van der Waals surface area contributed by atoms with Gasteiger partial charge in [0.25, 0.3) is 0 Å². The Bertz CT molecular complexity index is 356. The number of fused-ring (bicyclic) bond motifs is 1. The van der Waals surface area contributed by atoms with Crippen molar-refractivity contribution < 1.29 is 0 Å². The van der Waals surface area contributed by atoms with Crippen molar-refractivity contribution in [3.8, 4) is 0 Å². The number of rotatable bonds is 3. The van der Waals surface area contributed by atoms with Gasteiger partial charge < -0.3 is 10.2 Å². The minimum absolute atomic E-state index is 0.617. The summed E-state index contributed by atoms with van der Waals surface area (Å²) < 4.78 is 0. The topological polar surface area (TPSA) is 15.3 Å². The maximum atomic E-state index is 3.54. The molecule has 0 spiro atoms. The molecule has 1 N–H and O–H groups in total. The summed E-state index contributed by atoms with van der Waals surface area (Å²) >= 11 is 0. The number of benzene rings is 1. The second kappa shape index (κ2) is 4.77. The predicted molar refractivity (Wildman–Crippen MR) is 71.4 cm³/mol. The average molecular weight is 218 g/mol. The second-order valence-corrected chi connectivity index (χ2v) is 4.60. The van der Waals surface area contributed by atoms with Gasteiger partial charge in [0, 0.05) is 30.5 Å². The Morgan fingerprint density at radius 3 is 2.75 bits per heavy atom. The van der Waals surface area contributed by atoms with Crippen LogP contribution in [0.1, 0.15) is 32.8 Å². The van der Waals surface area contributed by atoms with Crippen LogP contribution in [0.3, 0.4) is 0 Å². The van der Waals surface area contributed by atoms with Crippen LogP contribution in [0.15, 0.2) is 18.2 Å². The summed E-state index contributed by atoms with van der Waals surface area (Å²) in [6.45, 7) is 8.84. The van der Waals surface area contributed by atoms with E-state index in [4.69, 9.17) is 0 Å². The number of anilines is 2. The number of nitrogens with zero attached hydrogens (tertiary/aromatic N) is 1. The lowest BCUT2D eigenvalue weighted by atomic mass is 9.98. The Balaban J connectivity index is 2.25. The van der Waals surface area contributed by atoms with Crippen LogP contribution < -0.4 is 10.2 Å². The molecule has 1 atom stereocenters. The van der Waals surface area contributed by atoms with Gasteiger partial charge in [0.15, 0.2) is 0 Å². The van der Waals surface area contributed by atoms with Gasteiger partial charge in [-0.1, -0.05) is 0 Å². The van der Waals surface area contributed by atoms with Crippen LogP contribution in [0, 0.1) is 0 Å². The van der Waals surface area contributed by atoms with E-state index in [-0.39, 0.29) is 0 Å². The smallest absolute Gasteiger partial charge is 0.0376 e. The molecule has 1 unspecified atom stereocenters. The van der Waals surface area contributed by atoms with Crippen LogP contribution >= 0.6 is 0 Å². The highest BCUT2D eigenvalue weighted by Crippen LogP contribution is 2.28. The van der Waals surface area contributed by atoms with E-state index in [1.165, 1.54) is 29.8 Å². The molecule has 0 aliphatic carbocycles. The van der Waals surface area contributed by atoms with Crippen LogP contribution in [0.5, 0.6) is 0 Å². The van der Waals surface area contributed by atoms with E-state index in [1.54, 1.807) is 0 Å². The minimum Gasteiger partial charge on any atom is -0.382 e. The molecule has 1 aromatic rings. The Hall–Kier alpha value is -1.18. The van der Waals surface area contributed by atoms with E-state index in [1.807, 2.05) is 0 Å². The molecule has 1 aliphatic rings. The van der Waals surface area contributed by atoms with Gasteiger partial charge >= 0.3 is 0 Å². The summed E-state index contributed by atoms with van der Waals surface area (Å²) in [5, 5.41) is 3.54. The molecule has 2 nitrogen and oxygen atoms in total. The Kier molecular flexibility index (Phi) is 3.37. The highest BCUT2D eigenvalue weighted by atomic mass is 15.1. The second-order valence-electron chi connectivity index (χ2n) is 4.60. The van der Waals surface area contributed by atoms with E-state index in [0.717, 1.165) is 13.1 Å². The molecule has 0 radical (unpaired) electrons. The summed E-state index contributed by atoms with van der Waals surface area (Å²) in [4.78, 5) is 2.40. The summed E-state index contributed by atoms with van der Waals surface area (Å²) in [5.74, 6) is 0. The lowest BCUT2D eigenvalue weighted by Gasteiger charge is -2.27. The Morgan fingerprint density at radius 1 is 1.31 bits per heavy atom. The zero-order chi connectivity index (χ0) is 11.5. The number of aryl methyl sites for hydroxylation is 1. The van der Waals surface area contributed by atoms with E-state index < -0.39 is 0 Å². The molecule has 0 saturated heterocycles. The molecule has 88 valence electrons. The van der Waals surface area contributed by atoms with Gasteiger partial charge in [-0.05, 0) is 57.4 Å². The number of hydrogen-bond donors (Lipinski definition) is 1. The van der Waals surface area contributed by atoms with Gasteiger partial charge in [-0.3, -0.25) is 0 Å². The van der Waals surface area contributed by atoms with Gasteiger partial charge in [0.05, 0.1) is 0 Å². The molecule has 2 rings (SSSR count). The number of nitrogens with one attached hydrogen (secondary N) is 1. The van der Waals surface area contributed by atoms with Crippen LogP contribution in [-0.2, 0) is 6.42 Å². The average Bonchev–Trinajstić information content (AvgIpc) is 2.31. The van der Waals surface area contributed by atoms with Crippen molar-refractivity contribution in [2.45, 2.75) is 39.7 Å². The van der Waals surface area contributed by atoms with Crippen molar-refractivity contribution in [3.05, 3.63) is 23.8 Å². The van der Waals surface area contributed by atoms with Crippen molar-refractivity contribution in [1.82, 2.24) is 0 Å². The molecule has 0 amide bonds. The third kappa shape index (κ3) is 2.16. The summed E-state index contributed by atoms with van der Waals surface area (Å²) in [7, 11) is 0. The summed E-state index contributed by atoms with van der Waals surface area (Å²) in [6.07, 6.45) is 2.45. The lowest BCUT2D eigenvalue weighted by molar-refractivity contribution is 0.680. The van der Waals surface area contributed by atoms with E-state index in [9.17, 15) is 0 Å². The highest BCUT2D eigenvalue weighted by Gasteiger charge is 2.14. The van der Waals surface area contributed by atoms with Gasteiger partial charge in [-0.25, -0.2) is 0 Å². The largest absolute Gasteiger partial charge is 0.382 e. The fraction of sp³-hybridized carbons (Fsp3) is 0.571. The van der Waals surface area contributed by atoms with E-state index in [0.29, 0.717) is 6.04 Å². The molecular weight excluding hydrogens is 196 g/mol. The first-order valence-electron chi connectivity index (χ1n) is 6.39. The van der Waals surface area contributed by atoms with E-state index >= 15 is 0 Å². The lowest BCUT2D eigenvalue weighted by Crippen LogP contribution is -2.24. The molecule has 0 aromatic heterocycles. The first-order valence-corrected chi connectivity index (χ1v) is 6.39. The summed E-state index contributed by atoms with van der Waals surface area (Å²) in [5.41, 5.74) is 4.16. The molecule has 0 fully saturated rings. The fourth-order valence-electron chi connectivity index (χ4n) is 2.42. The normalized spacial score (nSPS) is 18.8. The monoisotopic (exact) mass is 218 g/mol. The van der Waals surface area contributed by atoms with Crippen LogP contribution in [-0.4, -0.2) is 19.1 Å². The van der Waals surface area contributed by atoms with Crippen LogP contribution in [0.2, 0.25) is 0 Å². The standard InChI is InChI=1S/C14H22N2/c1-4-16(5-2)13-8-9-14-12(10-13)7-6-11(3)15-14/h8-11,15H,4-7H2,1-3H3. The minimum atomic E-state index is 0.617. The Labute approximate surface area is 98.7 Å². The molecule has 1 aromatic carbocycles. The van der Waals surface area contributed by atoms with Crippen LogP contribution in [0.4, 0.5) is 11.4 Å². The van der Waals surface area contributed by atoms with Crippen molar-refractivity contribution >= 4 is 11.4 Å². The molecular formula is C14H22N2. The first-order chi connectivity index (χ1) is 7.74. The maximum Gasteiger partial charge on any atom is 0.0376 e. The molecule has 1 heterocycles. The molecule has 0 bridgehead atoms. The zero-order valence-electron chi connectivity index (χ0n) is 10.6.